The van der Waals surface area contributed by atoms with Crippen LogP contribution in [0.5, 0.6) is 0 Å². The molecule has 0 spiro atoms. The van der Waals surface area contributed by atoms with Gasteiger partial charge in [0.05, 0.1) is 11.1 Å². The Morgan fingerprint density at radius 2 is 1.50 bits per heavy atom. The summed E-state index contributed by atoms with van der Waals surface area (Å²) in [5, 5.41) is 17.3. The minimum atomic E-state index is -0.622. The van der Waals surface area contributed by atoms with Crippen LogP contribution in [0.25, 0.3) is 6.08 Å². The number of allylic oxidation sites excluding steroid dienone is 2. The van der Waals surface area contributed by atoms with Gasteiger partial charge in [-0.05, 0) is 54.0 Å². The Morgan fingerprint density at radius 1 is 0.882 bits per heavy atom. The first-order valence-corrected chi connectivity index (χ1v) is 10.3. The molecule has 0 bridgehead atoms. The molecule has 34 heavy (non-hydrogen) atoms. The maximum atomic E-state index is 12.8. The second-order valence-electron chi connectivity index (χ2n) is 7.22. The number of nitrogens with zero attached hydrogens (tertiary/aromatic N) is 2. The lowest BCUT2D eigenvalue weighted by Crippen LogP contribution is -2.33. The van der Waals surface area contributed by atoms with Crippen LogP contribution in [0.3, 0.4) is 0 Å². The average molecular weight is 454 g/mol. The van der Waals surface area contributed by atoms with Crippen LogP contribution in [0.4, 0.5) is 5.69 Å². The van der Waals surface area contributed by atoms with Crippen molar-refractivity contribution < 1.29 is 14.5 Å². The molecule has 3 aromatic carbocycles. The lowest BCUT2D eigenvalue weighted by molar-refractivity contribution is -0.384. The third-order valence-corrected chi connectivity index (χ3v) is 4.58. The van der Waals surface area contributed by atoms with Gasteiger partial charge in [-0.3, -0.25) is 19.7 Å². The number of hydrogen-bond donors (Lipinski definition) is 2. The first-order chi connectivity index (χ1) is 16.4. The van der Waals surface area contributed by atoms with Crippen LogP contribution in [-0.2, 0) is 4.79 Å². The molecule has 0 fully saturated rings. The van der Waals surface area contributed by atoms with Crippen molar-refractivity contribution in [1.29, 1.82) is 0 Å². The third-order valence-electron chi connectivity index (χ3n) is 4.58. The SMILES string of the molecule is CC(=C\c1ccccc1)/C=C(/NC(=O)c1ccccc1)C(=O)N/N=C\c1ccc([N+](=O)[O-])cc1. The van der Waals surface area contributed by atoms with Crippen molar-refractivity contribution in [3.8, 4) is 0 Å². The molecule has 8 nitrogen and oxygen atoms in total. The van der Waals surface area contributed by atoms with E-state index in [2.05, 4.69) is 15.8 Å². The molecule has 0 aliphatic carbocycles. The second-order valence-corrected chi connectivity index (χ2v) is 7.22. The fourth-order valence-corrected chi connectivity index (χ4v) is 2.93. The standard InChI is InChI=1S/C26H22N4O4/c1-19(16-20-8-4-2-5-9-20)17-24(28-25(31)22-10-6-3-7-11-22)26(32)29-27-18-21-12-14-23(15-13-21)30(33)34/h2-18H,1H3,(H,28,31)(H,29,32)/b19-16+,24-17+,27-18-. The number of rotatable bonds is 8. The molecular weight excluding hydrogens is 432 g/mol. The number of carbonyl (C=O) groups is 2. The van der Waals surface area contributed by atoms with Gasteiger partial charge in [0.25, 0.3) is 17.5 Å². The van der Waals surface area contributed by atoms with E-state index in [0.717, 1.165) is 11.1 Å². The highest BCUT2D eigenvalue weighted by Gasteiger charge is 2.14. The molecule has 0 aromatic heterocycles. The van der Waals surface area contributed by atoms with Crippen molar-refractivity contribution in [1.82, 2.24) is 10.7 Å². The zero-order valence-electron chi connectivity index (χ0n) is 18.3. The summed E-state index contributed by atoms with van der Waals surface area (Å²) in [7, 11) is 0. The Bertz CT molecular complexity index is 1250. The molecule has 0 atom stereocenters. The fourth-order valence-electron chi connectivity index (χ4n) is 2.93. The normalized spacial score (nSPS) is 11.8. The molecule has 170 valence electrons. The number of hydrogen-bond acceptors (Lipinski definition) is 5. The van der Waals surface area contributed by atoms with Gasteiger partial charge < -0.3 is 5.32 Å². The minimum absolute atomic E-state index is 0.0133. The van der Waals surface area contributed by atoms with Gasteiger partial charge in [0.1, 0.15) is 5.70 Å². The van der Waals surface area contributed by atoms with Gasteiger partial charge in [0.15, 0.2) is 0 Å². The molecule has 0 radical (unpaired) electrons. The number of carbonyl (C=O) groups excluding carboxylic acids is 2. The monoisotopic (exact) mass is 454 g/mol. The molecule has 3 aromatic rings. The summed E-state index contributed by atoms with van der Waals surface area (Å²) in [5.41, 5.74) is 5.00. The van der Waals surface area contributed by atoms with Crippen LogP contribution in [-0.4, -0.2) is 23.0 Å². The molecule has 0 unspecified atom stereocenters. The van der Waals surface area contributed by atoms with E-state index in [-0.39, 0.29) is 11.4 Å². The molecule has 8 heteroatoms. The van der Waals surface area contributed by atoms with E-state index in [4.69, 9.17) is 0 Å². The number of nitrogens with one attached hydrogen (secondary N) is 2. The Kier molecular flexibility index (Phi) is 8.18. The number of hydrazone groups is 1. The first-order valence-electron chi connectivity index (χ1n) is 10.3. The summed E-state index contributed by atoms with van der Waals surface area (Å²) in [6.45, 7) is 1.81. The van der Waals surface area contributed by atoms with Gasteiger partial charge in [-0.25, -0.2) is 5.43 Å². The van der Waals surface area contributed by atoms with Crippen molar-refractivity contribution in [2.75, 3.05) is 0 Å². The van der Waals surface area contributed by atoms with Crippen molar-refractivity contribution in [3.63, 3.8) is 0 Å². The quantitative estimate of drug-likeness (QED) is 0.172. The van der Waals surface area contributed by atoms with Crippen LogP contribution >= 0.6 is 0 Å². The van der Waals surface area contributed by atoms with E-state index >= 15 is 0 Å². The lowest BCUT2D eigenvalue weighted by Gasteiger charge is -2.09. The van der Waals surface area contributed by atoms with Crippen molar-refractivity contribution in [2.24, 2.45) is 5.10 Å². The number of nitro benzene ring substituents is 1. The number of benzene rings is 3. The van der Waals surface area contributed by atoms with Gasteiger partial charge in [0.2, 0.25) is 0 Å². The zero-order valence-corrected chi connectivity index (χ0v) is 18.3. The van der Waals surface area contributed by atoms with Crippen molar-refractivity contribution in [2.45, 2.75) is 6.92 Å². The average Bonchev–Trinajstić information content (AvgIpc) is 2.85. The van der Waals surface area contributed by atoms with E-state index in [1.807, 2.05) is 43.3 Å². The highest BCUT2D eigenvalue weighted by Crippen LogP contribution is 2.11. The van der Waals surface area contributed by atoms with Gasteiger partial charge in [0, 0.05) is 17.7 Å². The summed E-state index contributed by atoms with van der Waals surface area (Å²) >= 11 is 0. The number of nitro groups is 1. The van der Waals surface area contributed by atoms with Gasteiger partial charge in [-0.1, -0.05) is 54.6 Å². The fraction of sp³-hybridized carbons (Fsp3) is 0.0385. The smallest absolute Gasteiger partial charge is 0.287 e. The topological polar surface area (TPSA) is 114 Å². The summed E-state index contributed by atoms with van der Waals surface area (Å²) in [5.74, 6) is -1.06. The van der Waals surface area contributed by atoms with E-state index < -0.39 is 16.7 Å². The van der Waals surface area contributed by atoms with Crippen molar-refractivity contribution >= 4 is 29.8 Å². The number of non-ortho nitro benzene ring substituents is 1. The molecule has 2 N–H and O–H groups in total. The molecular formula is C26H22N4O4. The van der Waals surface area contributed by atoms with E-state index in [9.17, 15) is 19.7 Å². The summed E-state index contributed by atoms with van der Waals surface area (Å²) in [4.78, 5) is 35.7. The van der Waals surface area contributed by atoms with Gasteiger partial charge >= 0.3 is 0 Å². The first kappa shape index (κ1) is 23.8. The van der Waals surface area contributed by atoms with Crippen LogP contribution in [0.1, 0.15) is 28.4 Å². The Balaban J connectivity index is 1.78. The predicted molar refractivity (Wildman–Crippen MR) is 131 cm³/mol. The van der Waals surface area contributed by atoms with E-state index in [1.165, 1.54) is 30.5 Å². The maximum Gasteiger partial charge on any atom is 0.287 e. The summed E-state index contributed by atoms with van der Waals surface area (Å²) in [6.07, 6.45) is 4.79. The summed E-state index contributed by atoms with van der Waals surface area (Å²) < 4.78 is 0. The molecule has 0 heterocycles. The van der Waals surface area contributed by atoms with Crippen LogP contribution in [0, 0.1) is 10.1 Å². The zero-order chi connectivity index (χ0) is 24.3. The largest absolute Gasteiger partial charge is 0.317 e. The Hall–Kier alpha value is -4.85. The Labute approximate surface area is 196 Å². The van der Waals surface area contributed by atoms with Gasteiger partial charge in [-0.15, -0.1) is 0 Å². The van der Waals surface area contributed by atoms with E-state index in [1.54, 1.807) is 36.4 Å². The molecule has 2 amide bonds. The molecule has 0 aliphatic heterocycles. The van der Waals surface area contributed by atoms with Crippen LogP contribution < -0.4 is 10.7 Å². The molecule has 0 saturated carbocycles. The van der Waals surface area contributed by atoms with Gasteiger partial charge in [-0.2, -0.15) is 5.10 Å². The predicted octanol–water partition coefficient (Wildman–Crippen LogP) is 4.46. The highest BCUT2D eigenvalue weighted by molar-refractivity contribution is 6.03. The molecule has 3 rings (SSSR count). The van der Waals surface area contributed by atoms with Crippen molar-refractivity contribution in [3.05, 3.63) is 129 Å². The maximum absolute atomic E-state index is 12.8. The highest BCUT2D eigenvalue weighted by atomic mass is 16.6. The van der Waals surface area contributed by atoms with Crippen LogP contribution in [0.15, 0.2) is 107 Å². The second kappa shape index (κ2) is 11.7. The lowest BCUT2D eigenvalue weighted by atomic mass is 10.1. The summed E-state index contributed by atoms with van der Waals surface area (Å²) in [6, 6.07) is 23.8. The molecule has 0 saturated heterocycles. The Morgan fingerprint density at radius 3 is 2.12 bits per heavy atom. The van der Waals surface area contributed by atoms with Crippen LogP contribution in [0.2, 0.25) is 0 Å². The van der Waals surface area contributed by atoms with E-state index in [0.29, 0.717) is 11.1 Å². The number of amides is 2. The third kappa shape index (κ3) is 7.10. The molecule has 0 aliphatic rings. The minimum Gasteiger partial charge on any atom is -0.317 e.